The van der Waals surface area contributed by atoms with Crippen molar-refractivity contribution in [3.8, 4) is 11.4 Å². The lowest BCUT2D eigenvalue weighted by Gasteiger charge is -2.09. The normalized spacial score (nSPS) is 10.5. The number of nitrogens with zero attached hydrogens (tertiary/aromatic N) is 2. The smallest absolute Gasteiger partial charge is 0.340 e. The fourth-order valence-corrected chi connectivity index (χ4v) is 2.70. The highest BCUT2D eigenvalue weighted by molar-refractivity contribution is 6.01. The molecule has 1 aromatic heterocycles. The average molecular weight is 379 g/mol. The molecule has 0 radical (unpaired) electrons. The Morgan fingerprint density at radius 2 is 1.86 bits per heavy atom. The highest BCUT2D eigenvalue weighted by Crippen LogP contribution is 2.20. The maximum absolute atomic E-state index is 12.3. The highest BCUT2D eigenvalue weighted by Gasteiger charge is 2.15. The van der Waals surface area contributed by atoms with Crippen molar-refractivity contribution in [2.24, 2.45) is 0 Å². The lowest BCUT2D eigenvalue weighted by Crippen LogP contribution is -2.16. The minimum absolute atomic E-state index is 0.145. The Bertz CT molecular complexity index is 981. The van der Waals surface area contributed by atoms with Crippen LogP contribution in [0.2, 0.25) is 0 Å². The maximum atomic E-state index is 12.3. The number of hydrogen-bond acceptors (Lipinski definition) is 6. The Morgan fingerprint density at radius 3 is 2.64 bits per heavy atom. The van der Waals surface area contributed by atoms with Gasteiger partial charge in [0.05, 0.1) is 17.9 Å². The Morgan fingerprint density at radius 1 is 1.11 bits per heavy atom. The van der Waals surface area contributed by atoms with Crippen LogP contribution in [0.4, 0.5) is 5.69 Å². The van der Waals surface area contributed by atoms with E-state index in [9.17, 15) is 9.59 Å². The number of carbonyl (C=O) groups excluding carboxylic acids is 2. The molecule has 28 heavy (non-hydrogen) atoms. The zero-order chi connectivity index (χ0) is 19.9. The third kappa shape index (κ3) is 4.62. The van der Waals surface area contributed by atoms with E-state index in [1.54, 1.807) is 31.2 Å². The van der Waals surface area contributed by atoms with Crippen LogP contribution in [0.25, 0.3) is 11.4 Å². The number of benzene rings is 2. The van der Waals surface area contributed by atoms with Crippen molar-refractivity contribution in [3.05, 3.63) is 65.5 Å². The molecule has 0 spiro atoms. The van der Waals surface area contributed by atoms with Crippen LogP contribution in [-0.2, 0) is 16.0 Å². The molecule has 1 N–H and O–H groups in total. The molecule has 0 unspecified atom stereocenters. The molecule has 0 bridgehead atoms. The first-order valence-electron chi connectivity index (χ1n) is 9.03. The third-order valence-electron chi connectivity index (χ3n) is 4.12. The van der Waals surface area contributed by atoms with E-state index >= 15 is 0 Å². The number of nitrogens with one attached hydrogen (secondary N) is 1. The van der Waals surface area contributed by atoms with Crippen molar-refractivity contribution >= 4 is 17.6 Å². The Labute approximate surface area is 162 Å². The Hall–Kier alpha value is -3.48. The molecule has 7 heteroatoms. The van der Waals surface area contributed by atoms with Crippen molar-refractivity contribution in [2.75, 3.05) is 11.9 Å². The number of amides is 1. The third-order valence-corrected chi connectivity index (χ3v) is 4.12. The molecule has 3 aromatic rings. The highest BCUT2D eigenvalue weighted by atomic mass is 16.5. The fraction of sp³-hybridized carbons (Fsp3) is 0.238. The molecule has 0 saturated carbocycles. The number of rotatable bonds is 7. The molecular formula is C21H21N3O4. The number of carbonyl (C=O) groups is 2. The second kappa shape index (κ2) is 8.94. The molecule has 7 nitrogen and oxygen atoms in total. The molecule has 0 aliphatic carbocycles. The van der Waals surface area contributed by atoms with Crippen LogP contribution < -0.4 is 5.32 Å². The van der Waals surface area contributed by atoms with Gasteiger partial charge >= 0.3 is 5.97 Å². The lowest BCUT2D eigenvalue weighted by molar-refractivity contribution is -0.116. The quantitative estimate of drug-likeness (QED) is 0.628. The number of ether oxygens (including phenoxy) is 1. The molecule has 0 fully saturated rings. The molecule has 144 valence electrons. The number of aryl methyl sites for hydroxylation is 2. The molecule has 0 aliphatic rings. The monoisotopic (exact) mass is 379 g/mol. The number of aromatic nitrogens is 2. The van der Waals surface area contributed by atoms with Gasteiger partial charge < -0.3 is 14.6 Å². The van der Waals surface area contributed by atoms with Crippen LogP contribution >= 0.6 is 0 Å². The van der Waals surface area contributed by atoms with Gasteiger partial charge in [-0.3, -0.25) is 4.79 Å². The minimum atomic E-state index is -0.474. The van der Waals surface area contributed by atoms with Crippen molar-refractivity contribution < 1.29 is 18.8 Å². The summed E-state index contributed by atoms with van der Waals surface area (Å²) >= 11 is 0. The molecule has 2 aromatic carbocycles. The second-order valence-corrected chi connectivity index (χ2v) is 6.14. The predicted octanol–water partition coefficient (Wildman–Crippen LogP) is 3.79. The van der Waals surface area contributed by atoms with E-state index < -0.39 is 5.97 Å². The Kier molecular flexibility index (Phi) is 6.16. The zero-order valence-corrected chi connectivity index (χ0v) is 15.8. The van der Waals surface area contributed by atoms with Crippen LogP contribution in [0, 0.1) is 6.92 Å². The van der Waals surface area contributed by atoms with E-state index in [-0.39, 0.29) is 18.9 Å². The number of esters is 1. The number of hydrogen-bond donors (Lipinski definition) is 1. The predicted molar refractivity (Wildman–Crippen MR) is 104 cm³/mol. The van der Waals surface area contributed by atoms with Crippen LogP contribution in [-0.4, -0.2) is 28.6 Å². The first-order valence-corrected chi connectivity index (χ1v) is 9.03. The summed E-state index contributed by atoms with van der Waals surface area (Å²) in [5.41, 5.74) is 2.67. The molecule has 1 amide bonds. The molecule has 1 heterocycles. The number of anilines is 1. The summed E-state index contributed by atoms with van der Waals surface area (Å²) in [5.74, 6) is 0.152. The first-order chi connectivity index (χ1) is 13.6. The van der Waals surface area contributed by atoms with Gasteiger partial charge in [-0.25, -0.2) is 4.79 Å². The summed E-state index contributed by atoms with van der Waals surface area (Å²) in [4.78, 5) is 28.6. The van der Waals surface area contributed by atoms with Crippen molar-refractivity contribution in [1.82, 2.24) is 10.1 Å². The zero-order valence-electron chi connectivity index (χ0n) is 15.8. The van der Waals surface area contributed by atoms with Gasteiger partial charge in [-0.15, -0.1) is 0 Å². The van der Waals surface area contributed by atoms with E-state index in [0.29, 0.717) is 29.4 Å². The molecular weight excluding hydrogens is 358 g/mol. The number of para-hydroxylation sites is 1. The van der Waals surface area contributed by atoms with E-state index in [4.69, 9.17) is 9.26 Å². The lowest BCUT2D eigenvalue weighted by atomic mass is 10.1. The van der Waals surface area contributed by atoms with E-state index in [1.165, 1.54) is 0 Å². The van der Waals surface area contributed by atoms with Gasteiger partial charge in [-0.05, 0) is 31.5 Å². The molecule has 0 aliphatic heterocycles. The topological polar surface area (TPSA) is 94.3 Å². The minimum Gasteiger partial charge on any atom is -0.462 e. The molecule has 0 atom stereocenters. The van der Waals surface area contributed by atoms with Crippen LogP contribution in [0.1, 0.15) is 35.2 Å². The van der Waals surface area contributed by atoms with Crippen molar-refractivity contribution in [1.29, 1.82) is 0 Å². The van der Waals surface area contributed by atoms with Crippen LogP contribution in [0.5, 0.6) is 0 Å². The fourth-order valence-electron chi connectivity index (χ4n) is 2.70. The van der Waals surface area contributed by atoms with Gasteiger partial charge in [0.2, 0.25) is 17.6 Å². The maximum Gasteiger partial charge on any atom is 0.340 e. The van der Waals surface area contributed by atoms with Crippen molar-refractivity contribution in [2.45, 2.75) is 26.7 Å². The van der Waals surface area contributed by atoms with Gasteiger partial charge in [0, 0.05) is 18.4 Å². The summed E-state index contributed by atoms with van der Waals surface area (Å²) in [6.07, 6.45) is 0.443. The summed E-state index contributed by atoms with van der Waals surface area (Å²) in [6, 6.07) is 14.5. The summed E-state index contributed by atoms with van der Waals surface area (Å²) in [5, 5.41) is 6.73. The summed E-state index contributed by atoms with van der Waals surface area (Å²) in [7, 11) is 0. The van der Waals surface area contributed by atoms with Crippen LogP contribution in [0.15, 0.2) is 53.1 Å². The second-order valence-electron chi connectivity index (χ2n) is 6.14. The van der Waals surface area contributed by atoms with Gasteiger partial charge in [0.1, 0.15) is 0 Å². The molecule has 0 saturated heterocycles. The van der Waals surface area contributed by atoms with Crippen molar-refractivity contribution in [3.63, 3.8) is 0 Å². The summed E-state index contributed by atoms with van der Waals surface area (Å²) in [6.45, 7) is 3.97. The van der Waals surface area contributed by atoms with E-state index in [1.807, 2.05) is 31.2 Å². The van der Waals surface area contributed by atoms with Gasteiger partial charge in [-0.1, -0.05) is 41.6 Å². The average Bonchev–Trinajstić information content (AvgIpc) is 3.16. The summed E-state index contributed by atoms with van der Waals surface area (Å²) < 4.78 is 10.3. The van der Waals surface area contributed by atoms with Crippen LogP contribution in [0.3, 0.4) is 0 Å². The molecule has 3 rings (SSSR count). The Balaban J connectivity index is 1.62. The van der Waals surface area contributed by atoms with E-state index in [0.717, 1.165) is 11.1 Å². The van der Waals surface area contributed by atoms with Gasteiger partial charge in [0.25, 0.3) is 0 Å². The van der Waals surface area contributed by atoms with Gasteiger partial charge in [-0.2, -0.15) is 4.98 Å². The largest absolute Gasteiger partial charge is 0.462 e. The van der Waals surface area contributed by atoms with E-state index in [2.05, 4.69) is 15.5 Å². The SMILES string of the molecule is CCOC(=O)c1ccccc1NC(=O)CCc1nc(-c2ccccc2C)no1. The van der Waals surface area contributed by atoms with Gasteiger partial charge in [0.15, 0.2) is 0 Å². The standard InChI is InChI=1S/C21H21N3O4/c1-3-27-21(26)16-10-6-7-11-17(16)22-18(25)12-13-19-23-20(24-28-19)15-9-5-4-8-14(15)2/h4-11H,3,12-13H2,1-2H3,(H,22,25). The first kappa shape index (κ1) is 19.3.